The fraction of sp³-hybridized carbons (Fsp3) is 0.636. The summed E-state index contributed by atoms with van der Waals surface area (Å²) in [7, 11) is 0. The molecule has 1 atom stereocenters. The summed E-state index contributed by atoms with van der Waals surface area (Å²) < 4.78 is 5.44. The molecule has 0 N–H and O–H groups in total. The molecule has 0 spiro atoms. The number of hydrogen-bond acceptors (Lipinski definition) is 3. The van der Waals surface area contributed by atoms with Crippen LogP contribution in [0, 0.1) is 5.92 Å². The Morgan fingerprint density at radius 3 is 2.42 bits per heavy atom. The van der Waals surface area contributed by atoms with Crippen LogP contribution in [0.15, 0.2) is 24.3 Å². The molecule has 0 aromatic heterocycles. The van der Waals surface area contributed by atoms with Crippen molar-refractivity contribution >= 4 is 11.9 Å². The van der Waals surface area contributed by atoms with Gasteiger partial charge >= 0.3 is 6.09 Å². The molecule has 1 aliphatic rings. The van der Waals surface area contributed by atoms with E-state index >= 15 is 0 Å². The first-order valence-corrected chi connectivity index (χ1v) is 9.75. The van der Waals surface area contributed by atoms with Gasteiger partial charge in [0, 0.05) is 25.4 Å². The van der Waals surface area contributed by atoms with Crippen LogP contribution in [0.5, 0.6) is 0 Å². The van der Waals surface area contributed by atoms with Crippen molar-refractivity contribution in [3.63, 3.8) is 0 Å². The summed E-state index contributed by atoms with van der Waals surface area (Å²) >= 11 is 0. The number of aryl methyl sites for hydroxylation is 1. The van der Waals surface area contributed by atoms with Crippen LogP contribution < -0.4 is 0 Å². The molecule has 144 valence electrons. The molecule has 1 aliphatic heterocycles. The van der Waals surface area contributed by atoms with Gasteiger partial charge in [-0.25, -0.2) is 4.79 Å². The van der Waals surface area contributed by atoms with E-state index < -0.39 is 5.60 Å². The molecule has 4 heteroatoms. The maximum Gasteiger partial charge on any atom is 0.410 e. The van der Waals surface area contributed by atoms with E-state index in [1.54, 1.807) is 4.90 Å². The number of piperidine rings is 1. The second-order valence-corrected chi connectivity index (χ2v) is 8.63. The Hall–Kier alpha value is -1.84. The number of likely N-dealkylation sites (tertiary alicyclic amines) is 1. The molecule has 1 aromatic rings. The van der Waals surface area contributed by atoms with Crippen molar-refractivity contribution in [1.82, 2.24) is 4.90 Å². The maximum atomic E-state index is 12.6. The Bertz CT molecular complexity index is 613. The van der Waals surface area contributed by atoms with Crippen LogP contribution in [-0.2, 0) is 16.0 Å². The predicted octanol–water partition coefficient (Wildman–Crippen LogP) is 4.96. The van der Waals surface area contributed by atoms with Gasteiger partial charge in [0.2, 0.25) is 0 Å². The quantitative estimate of drug-likeness (QED) is 0.746. The standard InChI is InChI=1S/C22H33NO3/c1-16(2)18-11-8-17(9-12-18)10-13-20(24)19-7-6-14-23(15-19)21(25)26-22(3,4)5/h8-9,11-12,16,19H,6-7,10,13-15H2,1-5H3. The molecule has 1 amide bonds. The zero-order chi connectivity index (χ0) is 19.3. The Balaban J connectivity index is 1.85. The number of amides is 1. The summed E-state index contributed by atoms with van der Waals surface area (Å²) in [6.45, 7) is 11.1. The molecule has 0 radical (unpaired) electrons. The van der Waals surface area contributed by atoms with Crippen molar-refractivity contribution in [2.75, 3.05) is 13.1 Å². The van der Waals surface area contributed by atoms with Crippen molar-refractivity contribution < 1.29 is 14.3 Å². The van der Waals surface area contributed by atoms with E-state index in [0.29, 0.717) is 25.4 Å². The molecule has 1 saturated heterocycles. The minimum atomic E-state index is -0.504. The highest BCUT2D eigenvalue weighted by Gasteiger charge is 2.30. The van der Waals surface area contributed by atoms with Gasteiger partial charge in [-0.1, -0.05) is 38.1 Å². The molecule has 0 saturated carbocycles. The topological polar surface area (TPSA) is 46.6 Å². The number of Topliss-reactive ketones (excluding diaryl/α,β-unsaturated/α-hetero) is 1. The lowest BCUT2D eigenvalue weighted by atomic mass is 9.90. The molecule has 26 heavy (non-hydrogen) atoms. The molecule has 1 heterocycles. The van der Waals surface area contributed by atoms with E-state index in [2.05, 4.69) is 38.1 Å². The molecule has 4 nitrogen and oxygen atoms in total. The van der Waals surface area contributed by atoms with E-state index in [-0.39, 0.29) is 17.8 Å². The van der Waals surface area contributed by atoms with Crippen LogP contribution >= 0.6 is 0 Å². The Kier molecular flexibility index (Phi) is 6.85. The molecule has 0 aliphatic carbocycles. The minimum absolute atomic E-state index is 0.0637. The molecule has 0 bridgehead atoms. The third kappa shape index (κ3) is 6.15. The van der Waals surface area contributed by atoms with Crippen LogP contribution in [0.25, 0.3) is 0 Å². The van der Waals surface area contributed by atoms with Gasteiger partial charge in [0.05, 0.1) is 0 Å². The molecule has 1 fully saturated rings. The number of nitrogens with zero attached hydrogens (tertiary/aromatic N) is 1. The predicted molar refractivity (Wildman–Crippen MR) is 104 cm³/mol. The zero-order valence-corrected chi connectivity index (χ0v) is 16.9. The molecule has 1 unspecified atom stereocenters. The second-order valence-electron chi connectivity index (χ2n) is 8.63. The van der Waals surface area contributed by atoms with Crippen molar-refractivity contribution in [1.29, 1.82) is 0 Å². The van der Waals surface area contributed by atoms with Crippen molar-refractivity contribution in [2.24, 2.45) is 5.92 Å². The molecule has 1 aromatic carbocycles. The number of hydrogen-bond donors (Lipinski definition) is 0. The van der Waals surface area contributed by atoms with Gasteiger partial charge in [0.1, 0.15) is 11.4 Å². The first kappa shape index (κ1) is 20.5. The van der Waals surface area contributed by atoms with Crippen LogP contribution in [0.4, 0.5) is 4.79 Å². The van der Waals surface area contributed by atoms with Gasteiger partial charge in [0.15, 0.2) is 0 Å². The van der Waals surface area contributed by atoms with Crippen molar-refractivity contribution in [2.45, 2.75) is 71.8 Å². The van der Waals surface area contributed by atoms with E-state index in [9.17, 15) is 9.59 Å². The highest BCUT2D eigenvalue weighted by Crippen LogP contribution is 2.22. The van der Waals surface area contributed by atoms with E-state index in [1.807, 2.05) is 20.8 Å². The number of carbonyl (C=O) groups excluding carboxylic acids is 2. The largest absolute Gasteiger partial charge is 0.444 e. The third-order valence-corrected chi connectivity index (χ3v) is 4.83. The van der Waals surface area contributed by atoms with Gasteiger partial charge < -0.3 is 9.64 Å². The smallest absolute Gasteiger partial charge is 0.410 e. The summed E-state index contributed by atoms with van der Waals surface area (Å²) in [5, 5.41) is 0. The monoisotopic (exact) mass is 359 g/mol. The zero-order valence-electron chi connectivity index (χ0n) is 16.9. The van der Waals surface area contributed by atoms with Gasteiger partial charge in [-0.15, -0.1) is 0 Å². The van der Waals surface area contributed by atoms with Gasteiger partial charge in [-0.05, 0) is 57.1 Å². The molecule has 2 rings (SSSR count). The lowest BCUT2D eigenvalue weighted by Gasteiger charge is -2.33. The molecular formula is C22H33NO3. The minimum Gasteiger partial charge on any atom is -0.444 e. The number of benzene rings is 1. The lowest BCUT2D eigenvalue weighted by Crippen LogP contribution is -2.44. The second kappa shape index (κ2) is 8.70. The van der Waals surface area contributed by atoms with Crippen molar-refractivity contribution in [3.05, 3.63) is 35.4 Å². The fourth-order valence-electron chi connectivity index (χ4n) is 3.27. The Morgan fingerprint density at radius 2 is 1.85 bits per heavy atom. The van der Waals surface area contributed by atoms with Gasteiger partial charge in [0.25, 0.3) is 0 Å². The highest BCUT2D eigenvalue weighted by molar-refractivity contribution is 5.82. The normalized spacial score (nSPS) is 18.1. The van der Waals surface area contributed by atoms with Gasteiger partial charge in [-0.3, -0.25) is 4.79 Å². The SMILES string of the molecule is CC(C)c1ccc(CCC(=O)C2CCCN(C(=O)OC(C)(C)C)C2)cc1. The van der Waals surface area contributed by atoms with E-state index in [4.69, 9.17) is 4.74 Å². The number of rotatable bonds is 5. The summed E-state index contributed by atoms with van der Waals surface area (Å²) in [4.78, 5) is 26.6. The number of ether oxygens (including phenoxy) is 1. The Morgan fingerprint density at radius 1 is 1.19 bits per heavy atom. The Labute approximate surface area is 157 Å². The first-order valence-electron chi connectivity index (χ1n) is 9.75. The summed E-state index contributed by atoms with van der Waals surface area (Å²) in [6, 6.07) is 8.54. The fourth-order valence-corrected chi connectivity index (χ4v) is 3.27. The van der Waals surface area contributed by atoms with Gasteiger partial charge in [-0.2, -0.15) is 0 Å². The number of carbonyl (C=O) groups is 2. The summed E-state index contributed by atoms with van der Waals surface area (Å²) in [6.07, 6.45) is 2.72. The van der Waals surface area contributed by atoms with Crippen molar-refractivity contribution in [3.8, 4) is 0 Å². The van der Waals surface area contributed by atoms with E-state index in [0.717, 1.165) is 19.3 Å². The van der Waals surface area contributed by atoms with E-state index in [1.165, 1.54) is 11.1 Å². The first-order chi connectivity index (χ1) is 12.2. The lowest BCUT2D eigenvalue weighted by molar-refractivity contribution is -0.124. The van der Waals surface area contributed by atoms with Crippen LogP contribution in [0.2, 0.25) is 0 Å². The summed E-state index contributed by atoms with van der Waals surface area (Å²) in [5.41, 5.74) is 2.01. The third-order valence-electron chi connectivity index (χ3n) is 4.83. The van der Waals surface area contributed by atoms with Crippen LogP contribution in [0.3, 0.4) is 0 Å². The maximum absolute atomic E-state index is 12.6. The number of ketones is 1. The average molecular weight is 360 g/mol. The van der Waals surface area contributed by atoms with Crippen LogP contribution in [-0.4, -0.2) is 35.5 Å². The summed E-state index contributed by atoms with van der Waals surface area (Å²) in [5.74, 6) is 0.712. The highest BCUT2D eigenvalue weighted by atomic mass is 16.6. The van der Waals surface area contributed by atoms with Crippen LogP contribution in [0.1, 0.15) is 70.9 Å². The average Bonchev–Trinajstić information content (AvgIpc) is 2.58. The molecular weight excluding hydrogens is 326 g/mol.